The predicted octanol–water partition coefficient (Wildman–Crippen LogP) is 3.83. The molecule has 0 radical (unpaired) electrons. The van der Waals surface area contributed by atoms with Gasteiger partial charge in [-0.05, 0) is 43.7 Å². The summed E-state index contributed by atoms with van der Waals surface area (Å²) in [5.74, 6) is 0.254. The van der Waals surface area contributed by atoms with Gasteiger partial charge in [0.15, 0.2) is 5.78 Å². The second-order valence-corrected chi connectivity index (χ2v) is 6.21. The molecule has 1 fully saturated rings. The Morgan fingerprint density at radius 1 is 1.27 bits per heavy atom. The maximum atomic E-state index is 12.6. The third-order valence-corrected chi connectivity index (χ3v) is 4.33. The van der Waals surface area contributed by atoms with Crippen molar-refractivity contribution in [1.82, 2.24) is 9.88 Å². The number of piperidine rings is 1. The molecule has 1 atom stereocenters. The van der Waals surface area contributed by atoms with Gasteiger partial charge in [0.2, 0.25) is 0 Å². The topological polar surface area (TPSA) is 33.2 Å². The Morgan fingerprint density at radius 3 is 2.95 bits per heavy atom. The minimum absolute atomic E-state index is 0.0518. The zero-order valence-electron chi connectivity index (χ0n) is 12.4. The van der Waals surface area contributed by atoms with Crippen LogP contribution in [0.2, 0.25) is 5.02 Å². The summed E-state index contributed by atoms with van der Waals surface area (Å²) in [4.78, 5) is 19.3. The molecule has 3 nitrogen and oxygen atoms in total. The molecule has 0 N–H and O–H groups in total. The van der Waals surface area contributed by atoms with Crippen LogP contribution in [-0.4, -0.2) is 28.8 Å². The van der Waals surface area contributed by atoms with Crippen LogP contribution in [0, 0.1) is 5.92 Å². The van der Waals surface area contributed by atoms with Gasteiger partial charge in [-0.1, -0.05) is 29.8 Å². The van der Waals surface area contributed by atoms with Crippen LogP contribution in [-0.2, 0) is 6.54 Å². The van der Waals surface area contributed by atoms with Crippen LogP contribution >= 0.6 is 11.6 Å². The van der Waals surface area contributed by atoms with E-state index in [1.165, 1.54) is 0 Å². The summed E-state index contributed by atoms with van der Waals surface area (Å²) in [5.41, 5.74) is 1.77. The van der Waals surface area contributed by atoms with Gasteiger partial charge in [0.25, 0.3) is 0 Å². The van der Waals surface area contributed by atoms with Crippen LogP contribution in [0.3, 0.4) is 0 Å². The Hall–Kier alpha value is -1.71. The molecule has 0 saturated carbocycles. The fourth-order valence-corrected chi connectivity index (χ4v) is 3.20. The quantitative estimate of drug-likeness (QED) is 0.804. The summed E-state index contributed by atoms with van der Waals surface area (Å²) < 4.78 is 0. The molecule has 1 aliphatic rings. The van der Waals surface area contributed by atoms with Gasteiger partial charge in [-0.25, -0.2) is 0 Å². The molecule has 3 rings (SSSR count). The van der Waals surface area contributed by atoms with E-state index in [1.54, 1.807) is 12.1 Å². The number of halogens is 1. The molecule has 0 aliphatic carbocycles. The summed E-state index contributed by atoms with van der Waals surface area (Å²) in [6, 6.07) is 13.2. The van der Waals surface area contributed by atoms with Crippen LogP contribution in [0.4, 0.5) is 0 Å². The van der Waals surface area contributed by atoms with Crippen molar-refractivity contribution in [3.63, 3.8) is 0 Å². The number of hydrogen-bond donors (Lipinski definition) is 0. The van der Waals surface area contributed by atoms with E-state index >= 15 is 0 Å². The molecular weight excluding hydrogens is 296 g/mol. The number of benzene rings is 1. The number of likely N-dealkylation sites (tertiary alicyclic amines) is 1. The van der Waals surface area contributed by atoms with E-state index in [-0.39, 0.29) is 11.7 Å². The Labute approximate surface area is 135 Å². The van der Waals surface area contributed by atoms with Gasteiger partial charge < -0.3 is 0 Å². The van der Waals surface area contributed by atoms with Crippen molar-refractivity contribution >= 4 is 17.4 Å². The van der Waals surface area contributed by atoms with E-state index in [2.05, 4.69) is 9.88 Å². The second-order valence-electron chi connectivity index (χ2n) is 5.77. The number of aromatic nitrogens is 1. The van der Waals surface area contributed by atoms with Gasteiger partial charge in [-0.3, -0.25) is 14.7 Å². The number of rotatable bonds is 4. The highest BCUT2D eigenvalue weighted by atomic mass is 35.5. The Bertz CT molecular complexity index is 645. The highest BCUT2D eigenvalue weighted by Crippen LogP contribution is 2.23. The van der Waals surface area contributed by atoms with Crippen LogP contribution < -0.4 is 0 Å². The molecule has 114 valence electrons. The summed E-state index contributed by atoms with van der Waals surface area (Å²) in [6.07, 6.45) is 3.81. The summed E-state index contributed by atoms with van der Waals surface area (Å²) in [5, 5.41) is 0.618. The molecule has 1 aromatic heterocycles. The van der Waals surface area contributed by atoms with Crippen LogP contribution in [0.15, 0.2) is 48.7 Å². The second kappa shape index (κ2) is 7.03. The van der Waals surface area contributed by atoms with Gasteiger partial charge in [0.05, 0.1) is 5.69 Å². The van der Waals surface area contributed by atoms with Crippen molar-refractivity contribution in [3.05, 3.63) is 64.9 Å². The standard InChI is InChI=1S/C18H19ClN2O/c19-16-7-3-5-14(11-16)18(22)15-6-4-10-21(12-15)13-17-8-1-2-9-20-17/h1-3,5,7-9,11,15H,4,6,10,12-13H2. The molecule has 1 saturated heterocycles. The van der Waals surface area contributed by atoms with E-state index in [0.29, 0.717) is 5.02 Å². The lowest BCUT2D eigenvalue weighted by Gasteiger charge is -2.31. The SMILES string of the molecule is O=C(c1cccc(Cl)c1)C1CCCN(Cc2ccccn2)C1. The van der Waals surface area contributed by atoms with Crippen LogP contribution in [0.1, 0.15) is 28.9 Å². The fourth-order valence-electron chi connectivity index (χ4n) is 3.01. The lowest BCUT2D eigenvalue weighted by Crippen LogP contribution is -2.38. The first-order valence-corrected chi connectivity index (χ1v) is 8.02. The third-order valence-electron chi connectivity index (χ3n) is 4.10. The predicted molar refractivity (Wildman–Crippen MR) is 88.0 cm³/mol. The third kappa shape index (κ3) is 3.73. The maximum Gasteiger partial charge on any atom is 0.167 e. The first-order valence-electron chi connectivity index (χ1n) is 7.64. The average molecular weight is 315 g/mol. The lowest BCUT2D eigenvalue weighted by atomic mass is 9.90. The largest absolute Gasteiger partial charge is 0.297 e. The minimum Gasteiger partial charge on any atom is -0.297 e. The van der Waals surface area contributed by atoms with Crippen LogP contribution in [0.5, 0.6) is 0 Å². The number of carbonyl (C=O) groups excluding carboxylic acids is 1. The van der Waals surface area contributed by atoms with Crippen molar-refractivity contribution in [2.45, 2.75) is 19.4 Å². The van der Waals surface area contributed by atoms with Gasteiger partial charge >= 0.3 is 0 Å². The molecule has 2 heterocycles. The zero-order valence-corrected chi connectivity index (χ0v) is 13.2. The molecule has 1 aliphatic heterocycles. The van der Waals surface area contributed by atoms with Gasteiger partial charge in [-0.15, -0.1) is 0 Å². The number of ketones is 1. The van der Waals surface area contributed by atoms with Gasteiger partial charge in [0.1, 0.15) is 0 Å². The molecule has 0 bridgehead atoms. The smallest absolute Gasteiger partial charge is 0.167 e. The number of carbonyl (C=O) groups is 1. The van der Waals surface area contributed by atoms with Crippen LogP contribution in [0.25, 0.3) is 0 Å². The van der Waals surface area contributed by atoms with E-state index in [0.717, 1.165) is 43.7 Å². The first kappa shape index (κ1) is 15.2. The molecule has 0 amide bonds. The normalized spacial score (nSPS) is 19.0. The van der Waals surface area contributed by atoms with E-state index in [9.17, 15) is 4.79 Å². The Balaban J connectivity index is 1.66. The van der Waals surface area contributed by atoms with Gasteiger partial charge in [-0.2, -0.15) is 0 Å². The number of hydrogen-bond acceptors (Lipinski definition) is 3. The number of nitrogens with zero attached hydrogens (tertiary/aromatic N) is 2. The average Bonchev–Trinajstić information content (AvgIpc) is 2.55. The first-order chi connectivity index (χ1) is 10.7. The summed E-state index contributed by atoms with van der Waals surface area (Å²) in [6.45, 7) is 2.62. The molecule has 22 heavy (non-hydrogen) atoms. The fraction of sp³-hybridized carbons (Fsp3) is 0.333. The molecule has 2 aromatic rings. The maximum absolute atomic E-state index is 12.6. The van der Waals surface area contributed by atoms with E-state index in [4.69, 9.17) is 11.6 Å². The van der Waals surface area contributed by atoms with Crippen molar-refractivity contribution < 1.29 is 4.79 Å². The van der Waals surface area contributed by atoms with E-state index < -0.39 is 0 Å². The van der Waals surface area contributed by atoms with Gasteiger partial charge in [0, 0.05) is 35.8 Å². The molecule has 4 heteroatoms. The Kier molecular flexibility index (Phi) is 4.86. The summed E-state index contributed by atoms with van der Waals surface area (Å²) >= 11 is 5.99. The molecule has 0 spiro atoms. The highest BCUT2D eigenvalue weighted by molar-refractivity contribution is 6.31. The van der Waals surface area contributed by atoms with Crippen molar-refractivity contribution in [2.24, 2.45) is 5.92 Å². The molecular formula is C18H19ClN2O. The molecule has 1 aromatic carbocycles. The summed E-state index contributed by atoms with van der Waals surface area (Å²) in [7, 11) is 0. The molecule has 1 unspecified atom stereocenters. The zero-order chi connectivity index (χ0) is 15.4. The Morgan fingerprint density at radius 2 is 2.18 bits per heavy atom. The number of pyridine rings is 1. The van der Waals surface area contributed by atoms with Crippen molar-refractivity contribution in [3.8, 4) is 0 Å². The lowest BCUT2D eigenvalue weighted by molar-refractivity contribution is 0.0810. The van der Waals surface area contributed by atoms with Crippen molar-refractivity contribution in [2.75, 3.05) is 13.1 Å². The monoisotopic (exact) mass is 314 g/mol. The highest BCUT2D eigenvalue weighted by Gasteiger charge is 2.26. The van der Waals surface area contributed by atoms with E-state index in [1.807, 2.05) is 36.5 Å². The number of Topliss-reactive ketones (excluding diaryl/α,β-unsaturated/α-hetero) is 1. The van der Waals surface area contributed by atoms with Crippen molar-refractivity contribution in [1.29, 1.82) is 0 Å². The minimum atomic E-state index is 0.0518.